The van der Waals surface area contributed by atoms with Crippen molar-refractivity contribution in [3.8, 4) is 0 Å². The van der Waals surface area contributed by atoms with E-state index in [-0.39, 0.29) is 11.9 Å². The van der Waals surface area contributed by atoms with E-state index in [0.29, 0.717) is 0 Å². The molecule has 0 aliphatic carbocycles. The van der Waals surface area contributed by atoms with E-state index in [9.17, 15) is 4.39 Å². The molecule has 2 aromatic rings. The molecule has 0 fully saturated rings. The summed E-state index contributed by atoms with van der Waals surface area (Å²) in [4.78, 5) is 0. The highest BCUT2D eigenvalue weighted by Crippen LogP contribution is 2.26. The Hall–Kier alpha value is -1.67. The Balaban J connectivity index is 2.41. The minimum atomic E-state index is -0.176. The monoisotopic (exact) mass is 271 g/mol. The van der Waals surface area contributed by atoms with Crippen LogP contribution in [-0.4, -0.2) is 6.54 Å². The van der Waals surface area contributed by atoms with Gasteiger partial charge < -0.3 is 5.32 Å². The molecular weight excluding hydrogens is 249 g/mol. The Bertz CT molecular complexity index is 577. The van der Waals surface area contributed by atoms with Gasteiger partial charge in [0.05, 0.1) is 6.04 Å². The van der Waals surface area contributed by atoms with Crippen molar-refractivity contribution in [2.45, 2.75) is 33.2 Å². The standard InChI is InChI=1S/C18H22FN/c1-4-10-20-18(15-7-5-6-13(2)11-15)17-9-8-16(19)12-14(17)3/h5-9,11-12,18,20H,4,10H2,1-3H3. The van der Waals surface area contributed by atoms with Crippen LogP contribution in [0.2, 0.25) is 0 Å². The lowest BCUT2D eigenvalue weighted by atomic mass is 9.94. The van der Waals surface area contributed by atoms with Crippen LogP contribution in [0.15, 0.2) is 42.5 Å². The largest absolute Gasteiger partial charge is 0.306 e. The van der Waals surface area contributed by atoms with Crippen LogP contribution in [0.25, 0.3) is 0 Å². The molecular formula is C18H22FN. The van der Waals surface area contributed by atoms with Crippen LogP contribution in [0.5, 0.6) is 0 Å². The Morgan fingerprint density at radius 2 is 1.90 bits per heavy atom. The molecule has 0 aliphatic rings. The first-order valence-corrected chi connectivity index (χ1v) is 7.18. The van der Waals surface area contributed by atoms with E-state index in [4.69, 9.17) is 0 Å². The van der Waals surface area contributed by atoms with Crippen molar-refractivity contribution in [3.05, 3.63) is 70.5 Å². The molecule has 1 unspecified atom stereocenters. The summed E-state index contributed by atoms with van der Waals surface area (Å²) < 4.78 is 13.3. The quantitative estimate of drug-likeness (QED) is 0.842. The number of nitrogens with one attached hydrogen (secondary N) is 1. The maximum atomic E-state index is 13.3. The van der Waals surface area contributed by atoms with Gasteiger partial charge in [-0.25, -0.2) is 4.39 Å². The minimum absolute atomic E-state index is 0.121. The maximum absolute atomic E-state index is 13.3. The predicted octanol–water partition coefficient (Wildman–Crippen LogP) is 4.53. The van der Waals surface area contributed by atoms with E-state index in [0.717, 1.165) is 24.1 Å². The van der Waals surface area contributed by atoms with Crippen molar-refractivity contribution in [2.75, 3.05) is 6.54 Å². The summed E-state index contributed by atoms with van der Waals surface area (Å²) in [6.07, 6.45) is 1.07. The first kappa shape index (κ1) is 14.7. The van der Waals surface area contributed by atoms with Crippen LogP contribution in [0, 0.1) is 19.7 Å². The molecule has 0 bridgehead atoms. The Morgan fingerprint density at radius 1 is 1.10 bits per heavy atom. The molecule has 106 valence electrons. The molecule has 1 atom stereocenters. The smallest absolute Gasteiger partial charge is 0.123 e. The molecule has 1 N–H and O–H groups in total. The van der Waals surface area contributed by atoms with Crippen molar-refractivity contribution < 1.29 is 4.39 Å². The van der Waals surface area contributed by atoms with E-state index in [2.05, 4.69) is 43.4 Å². The molecule has 2 rings (SSSR count). The Labute approximate surface area is 120 Å². The zero-order chi connectivity index (χ0) is 14.5. The predicted molar refractivity (Wildman–Crippen MR) is 82.5 cm³/mol. The summed E-state index contributed by atoms with van der Waals surface area (Å²) in [6.45, 7) is 7.15. The summed E-state index contributed by atoms with van der Waals surface area (Å²) in [5.41, 5.74) is 4.60. The molecule has 2 aromatic carbocycles. The van der Waals surface area contributed by atoms with Gasteiger partial charge in [0, 0.05) is 0 Å². The van der Waals surface area contributed by atoms with Crippen LogP contribution in [0.1, 0.15) is 41.6 Å². The summed E-state index contributed by atoms with van der Waals surface area (Å²) in [7, 11) is 0. The van der Waals surface area contributed by atoms with Crippen molar-refractivity contribution in [1.29, 1.82) is 0 Å². The lowest BCUT2D eigenvalue weighted by Crippen LogP contribution is -2.24. The van der Waals surface area contributed by atoms with Gasteiger partial charge in [-0.1, -0.05) is 42.8 Å². The average Bonchev–Trinajstić information content (AvgIpc) is 2.41. The van der Waals surface area contributed by atoms with E-state index in [1.807, 2.05) is 13.0 Å². The normalized spacial score (nSPS) is 12.4. The summed E-state index contributed by atoms with van der Waals surface area (Å²) >= 11 is 0. The fourth-order valence-electron chi connectivity index (χ4n) is 2.51. The molecule has 0 amide bonds. The maximum Gasteiger partial charge on any atom is 0.123 e. The lowest BCUT2D eigenvalue weighted by molar-refractivity contribution is 0.589. The topological polar surface area (TPSA) is 12.0 Å². The van der Waals surface area contributed by atoms with Crippen molar-refractivity contribution >= 4 is 0 Å². The molecule has 0 spiro atoms. The van der Waals surface area contributed by atoms with Gasteiger partial charge in [-0.05, 0) is 55.6 Å². The molecule has 20 heavy (non-hydrogen) atoms. The van der Waals surface area contributed by atoms with E-state index >= 15 is 0 Å². The van der Waals surface area contributed by atoms with E-state index in [1.165, 1.54) is 11.1 Å². The molecule has 0 aromatic heterocycles. The van der Waals surface area contributed by atoms with Crippen molar-refractivity contribution in [3.63, 3.8) is 0 Å². The SMILES string of the molecule is CCCNC(c1cccc(C)c1)c1ccc(F)cc1C. The van der Waals surface area contributed by atoms with Gasteiger partial charge in [0.15, 0.2) is 0 Å². The zero-order valence-corrected chi connectivity index (χ0v) is 12.4. The highest BCUT2D eigenvalue weighted by molar-refractivity contribution is 5.38. The van der Waals surface area contributed by atoms with Crippen LogP contribution < -0.4 is 5.32 Å². The number of hydrogen-bond acceptors (Lipinski definition) is 1. The minimum Gasteiger partial charge on any atom is -0.306 e. The molecule has 0 radical (unpaired) electrons. The molecule has 1 nitrogen and oxygen atoms in total. The van der Waals surface area contributed by atoms with Gasteiger partial charge in [-0.3, -0.25) is 0 Å². The van der Waals surface area contributed by atoms with E-state index in [1.54, 1.807) is 12.1 Å². The highest BCUT2D eigenvalue weighted by Gasteiger charge is 2.15. The van der Waals surface area contributed by atoms with E-state index < -0.39 is 0 Å². The third kappa shape index (κ3) is 3.45. The number of benzene rings is 2. The first-order valence-electron chi connectivity index (χ1n) is 7.18. The van der Waals surface area contributed by atoms with Crippen LogP contribution in [0.4, 0.5) is 4.39 Å². The Kier molecular flexibility index (Phi) is 4.91. The number of aryl methyl sites for hydroxylation is 2. The van der Waals surface area contributed by atoms with Crippen molar-refractivity contribution in [1.82, 2.24) is 5.32 Å². The fourth-order valence-corrected chi connectivity index (χ4v) is 2.51. The van der Waals surface area contributed by atoms with Gasteiger partial charge in [-0.2, -0.15) is 0 Å². The Morgan fingerprint density at radius 3 is 2.55 bits per heavy atom. The third-order valence-corrected chi connectivity index (χ3v) is 3.52. The fraction of sp³-hybridized carbons (Fsp3) is 0.333. The average molecular weight is 271 g/mol. The van der Waals surface area contributed by atoms with Gasteiger partial charge in [-0.15, -0.1) is 0 Å². The van der Waals surface area contributed by atoms with Gasteiger partial charge in [0.1, 0.15) is 5.82 Å². The summed E-state index contributed by atoms with van der Waals surface area (Å²) in [5.74, 6) is -0.176. The number of rotatable bonds is 5. The molecule has 0 saturated carbocycles. The first-order chi connectivity index (χ1) is 9.61. The molecule has 0 heterocycles. The van der Waals surface area contributed by atoms with Crippen LogP contribution in [-0.2, 0) is 0 Å². The van der Waals surface area contributed by atoms with Crippen LogP contribution >= 0.6 is 0 Å². The second-order valence-electron chi connectivity index (χ2n) is 5.30. The van der Waals surface area contributed by atoms with Crippen LogP contribution in [0.3, 0.4) is 0 Å². The lowest BCUT2D eigenvalue weighted by Gasteiger charge is -2.22. The van der Waals surface area contributed by atoms with Crippen molar-refractivity contribution in [2.24, 2.45) is 0 Å². The third-order valence-electron chi connectivity index (χ3n) is 3.52. The van der Waals surface area contributed by atoms with Gasteiger partial charge in [0.2, 0.25) is 0 Å². The van der Waals surface area contributed by atoms with Gasteiger partial charge >= 0.3 is 0 Å². The zero-order valence-electron chi connectivity index (χ0n) is 12.4. The highest BCUT2D eigenvalue weighted by atomic mass is 19.1. The second kappa shape index (κ2) is 6.67. The molecule has 0 saturated heterocycles. The molecule has 0 aliphatic heterocycles. The number of hydrogen-bond donors (Lipinski definition) is 1. The number of halogens is 1. The summed E-state index contributed by atoms with van der Waals surface area (Å²) in [6, 6.07) is 13.6. The van der Waals surface area contributed by atoms with Gasteiger partial charge in [0.25, 0.3) is 0 Å². The summed E-state index contributed by atoms with van der Waals surface area (Å²) in [5, 5.41) is 3.57. The second-order valence-corrected chi connectivity index (χ2v) is 5.30. The molecule has 2 heteroatoms.